The number of aromatic nitrogens is 1. The molecule has 20 radical (unpaired) electrons. The number of allylic oxidation sites excluding steroid dienone is 2. The molecule has 48 heavy (non-hydrogen) atoms. The largest absolute Gasteiger partial charge is 2.00 e. The molecule has 0 amide bonds. The van der Waals surface area contributed by atoms with Gasteiger partial charge >= 0.3 is 34.1 Å². The minimum Gasteiger partial charge on any atom is -1.00 e. The van der Waals surface area contributed by atoms with Crippen LogP contribution in [-0.4, -0.2) is 0 Å². The number of nitrogens with zero attached hydrogens (tertiary/aromatic N) is 1. The Bertz CT molecular complexity index is 1280. The van der Waals surface area contributed by atoms with Crippen LogP contribution in [0.3, 0.4) is 0 Å². The van der Waals surface area contributed by atoms with Crippen molar-refractivity contribution < 1.29 is 62.7 Å². The fourth-order valence-electron chi connectivity index (χ4n) is 4.38. The molecule has 0 atom stereocenters. The predicted octanol–water partition coefficient (Wildman–Crippen LogP) is 6.85. The van der Waals surface area contributed by atoms with Gasteiger partial charge in [0.2, 0.25) is 11.4 Å². The van der Waals surface area contributed by atoms with Gasteiger partial charge in [-0.05, 0) is 170 Å². The molecule has 240 valence electrons. The van der Waals surface area contributed by atoms with Crippen LogP contribution in [0.4, 0.5) is 0 Å². The first-order chi connectivity index (χ1) is 22.2. The standard InChI is InChI=1S/C32H26NS2.2C5H5.2Fe.HI/c1-33-27(15-19-31-23-21-29(34-31)17-13-25-7-2-3-8-25)11-6-12-28(33)16-20-32-24-22-30(35-32)18-14-26-9-4-5-10-26;2*1-2-4-5-3-1;;;/h2-24H,1H3;2*1-5H;;;1H/q+1;;;2*+2;/p-1/b17-13+,18-14+,19-15+,20-16+;;;;;. The molecule has 0 N–H and O–H groups in total. The monoisotopic (exact) mass is 857 g/mol. The summed E-state index contributed by atoms with van der Waals surface area (Å²) in [5.74, 6) is 2.47. The molecule has 3 aromatic heterocycles. The second-order valence-electron chi connectivity index (χ2n) is 10.1. The van der Waals surface area contributed by atoms with E-state index in [0.29, 0.717) is 0 Å². The zero-order chi connectivity index (χ0) is 30.9. The molecule has 0 aromatic carbocycles. The van der Waals surface area contributed by atoms with Crippen LogP contribution in [0.1, 0.15) is 30.9 Å². The Morgan fingerprint density at radius 1 is 0.396 bits per heavy atom. The van der Waals surface area contributed by atoms with Gasteiger partial charge in [0.1, 0.15) is 7.05 Å². The maximum Gasteiger partial charge on any atom is 2.00 e. The van der Waals surface area contributed by atoms with Crippen molar-refractivity contribution in [3.63, 3.8) is 0 Å². The molecule has 0 aliphatic heterocycles. The second-order valence-corrected chi connectivity index (χ2v) is 12.4. The SMILES string of the molecule is C[n+]1c(/C=C/c2ccc(/C=C/[C]3[CH][CH][CH][CH]3)s2)cccc1/C=C/c1ccc(/C=C/[C]2[CH][CH][CH][CH]2)s1.[CH]1[CH][CH][CH][CH]1.[CH]1[CH][CH][CH][CH]1.[Fe+2].[Fe+2].[I-]. The van der Waals surface area contributed by atoms with Gasteiger partial charge in [-0.25, -0.2) is 0 Å². The van der Waals surface area contributed by atoms with Crippen LogP contribution in [0.15, 0.2) is 54.6 Å². The van der Waals surface area contributed by atoms with E-state index in [9.17, 15) is 0 Å². The first-order valence-corrected chi connectivity index (χ1v) is 16.5. The fourth-order valence-corrected chi connectivity index (χ4v) is 6.01. The van der Waals surface area contributed by atoms with Crippen LogP contribution >= 0.6 is 22.7 Å². The van der Waals surface area contributed by atoms with E-state index in [0.717, 1.165) is 0 Å². The van der Waals surface area contributed by atoms with Gasteiger partial charge < -0.3 is 24.0 Å². The topological polar surface area (TPSA) is 3.88 Å². The summed E-state index contributed by atoms with van der Waals surface area (Å²) in [6.45, 7) is 0. The summed E-state index contributed by atoms with van der Waals surface area (Å²) >= 11 is 3.59. The summed E-state index contributed by atoms with van der Waals surface area (Å²) in [5.41, 5.74) is 2.33. The predicted molar refractivity (Wildman–Crippen MR) is 196 cm³/mol. The quantitative estimate of drug-likeness (QED) is 0.133. The van der Waals surface area contributed by atoms with E-state index >= 15 is 0 Å². The van der Waals surface area contributed by atoms with Gasteiger partial charge in [0.05, 0.1) is 0 Å². The third-order valence-corrected chi connectivity index (χ3v) is 8.84. The van der Waals surface area contributed by atoms with Crippen molar-refractivity contribution in [3.05, 3.63) is 213 Å². The molecule has 0 saturated heterocycles. The van der Waals surface area contributed by atoms with E-state index in [2.05, 4.69) is 154 Å². The molecule has 4 aliphatic rings. The maximum atomic E-state index is 2.22. The van der Waals surface area contributed by atoms with Crippen LogP contribution < -0.4 is 28.5 Å². The van der Waals surface area contributed by atoms with Gasteiger partial charge in [-0.15, -0.1) is 22.7 Å². The molecule has 0 spiro atoms. The summed E-state index contributed by atoms with van der Waals surface area (Å²) in [4.78, 5) is 5.00. The first kappa shape index (κ1) is 43.4. The Balaban J connectivity index is 0.000000528. The van der Waals surface area contributed by atoms with E-state index in [1.165, 1.54) is 42.7 Å². The summed E-state index contributed by atoms with van der Waals surface area (Å²) in [5, 5.41) is 0. The van der Waals surface area contributed by atoms with E-state index in [1.54, 1.807) is 22.7 Å². The summed E-state index contributed by atoms with van der Waals surface area (Å²) in [7, 11) is 2.12. The van der Waals surface area contributed by atoms with Gasteiger partial charge in [-0.2, -0.15) is 4.57 Å². The van der Waals surface area contributed by atoms with Crippen LogP contribution in [0.2, 0.25) is 0 Å². The third kappa shape index (κ3) is 15.7. The number of pyridine rings is 1. The Hall–Kier alpha value is -0.721. The molecule has 6 heteroatoms. The van der Waals surface area contributed by atoms with E-state index in [4.69, 9.17) is 0 Å². The van der Waals surface area contributed by atoms with Crippen LogP contribution in [0.25, 0.3) is 36.5 Å². The molecule has 0 bridgehead atoms. The van der Waals surface area contributed by atoms with Crippen LogP contribution in [0.5, 0.6) is 0 Å². The van der Waals surface area contributed by atoms with Gasteiger partial charge in [0.15, 0.2) is 0 Å². The van der Waals surface area contributed by atoms with Gasteiger partial charge in [-0.1, -0.05) is 12.2 Å². The van der Waals surface area contributed by atoms with Crippen LogP contribution in [-0.2, 0) is 41.2 Å². The van der Waals surface area contributed by atoms with Gasteiger partial charge in [-0.3, -0.25) is 0 Å². The third-order valence-electron chi connectivity index (χ3n) is 6.81. The average Bonchev–Trinajstić information content (AvgIpc) is 3.93. The zero-order valence-electron chi connectivity index (χ0n) is 26.4. The molecular formula is C42H36Fe2INS2+4. The molecule has 4 fully saturated rings. The Labute approximate surface area is 338 Å². The molecule has 1 nitrogen and oxygen atoms in total. The van der Waals surface area contributed by atoms with Crippen molar-refractivity contribution in [1.29, 1.82) is 0 Å². The summed E-state index contributed by atoms with van der Waals surface area (Å²) < 4.78 is 2.22. The molecule has 7 rings (SSSR count). The zero-order valence-corrected chi connectivity index (χ0v) is 32.4. The number of halogens is 1. The minimum atomic E-state index is 0. The first-order valence-electron chi connectivity index (χ1n) is 14.9. The van der Waals surface area contributed by atoms with E-state index in [1.807, 2.05) is 64.2 Å². The van der Waals surface area contributed by atoms with Crippen molar-refractivity contribution in [2.75, 3.05) is 0 Å². The molecule has 0 unspecified atom stereocenters. The maximum absolute atomic E-state index is 2.22. The average molecular weight is 857 g/mol. The number of hydrogen-bond donors (Lipinski definition) is 0. The minimum absolute atomic E-state index is 0. The second kappa shape index (κ2) is 25.3. The Kier molecular flexibility index (Phi) is 22.9. The smallest absolute Gasteiger partial charge is 1.00 e. The van der Waals surface area contributed by atoms with Crippen molar-refractivity contribution >= 4 is 59.1 Å². The van der Waals surface area contributed by atoms with Crippen molar-refractivity contribution in [1.82, 2.24) is 0 Å². The summed E-state index contributed by atoms with van der Waals surface area (Å²) in [6.07, 6.45) is 54.2. The number of hydrogen-bond acceptors (Lipinski definition) is 2. The van der Waals surface area contributed by atoms with E-state index < -0.39 is 0 Å². The number of thiophene rings is 2. The van der Waals surface area contributed by atoms with Gasteiger partial charge in [0, 0.05) is 55.6 Å². The van der Waals surface area contributed by atoms with Crippen molar-refractivity contribution in [2.45, 2.75) is 0 Å². The van der Waals surface area contributed by atoms with Gasteiger partial charge in [0.25, 0.3) is 0 Å². The summed E-state index contributed by atoms with van der Waals surface area (Å²) in [6, 6.07) is 15.1. The fraction of sp³-hybridized carbons (Fsp3) is 0.0238. The number of rotatable bonds is 8. The molecule has 3 aromatic rings. The molecule has 4 aliphatic carbocycles. The van der Waals surface area contributed by atoms with Crippen molar-refractivity contribution in [2.24, 2.45) is 7.05 Å². The van der Waals surface area contributed by atoms with E-state index in [-0.39, 0.29) is 58.1 Å². The van der Waals surface area contributed by atoms with Crippen LogP contribution in [0, 0.1) is 127 Å². The Morgan fingerprint density at radius 2 is 0.688 bits per heavy atom. The molecular weight excluding hydrogens is 821 g/mol. The Morgan fingerprint density at radius 3 is 1.00 bits per heavy atom. The normalized spacial score (nSPS) is 18.1. The molecule has 3 heterocycles. The molecule has 4 saturated carbocycles. The van der Waals surface area contributed by atoms with Crippen molar-refractivity contribution in [3.8, 4) is 0 Å².